The number of anilines is 1. The Balaban J connectivity index is 1.78. The molecule has 4 rings (SSSR count). The summed E-state index contributed by atoms with van der Waals surface area (Å²) in [4.78, 5) is 4.25. The van der Waals surface area contributed by atoms with E-state index in [0.717, 1.165) is 0 Å². The lowest BCUT2D eigenvalue weighted by molar-refractivity contribution is 0.202. The quantitative estimate of drug-likeness (QED) is 0.377. The fraction of sp³-hybridized carbons (Fsp3) is 0.174. The van der Waals surface area contributed by atoms with Crippen LogP contribution in [0.1, 0.15) is 17.5 Å². The van der Waals surface area contributed by atoms with Crippen molar-refractivity contribution in [3.8, 4) is 17.2 Å². The smallest absolute Gasteiger partial charge is 0.243 e. The van der Waals surface area contributed by atoms with Crippen molar-refractivity contribution in [2.24, 2.45) is 4.99 Å². The standard InChI is InChI=1S/C23H20ClN5O6S/c1-34-19-7-4-6-17(30)21(19)29-22(16-5-3-8-20(25-16)35-2)26-27-23(29)28-36(32,33)13-18(31)14-9-11-15(24)12-10-14/h4,6-12,18,30-31H,13H2,1-2H3,(H,27,28)/t18-/m1/s1. The van der Waals surface area contributed by atoms with Crippen molar-refractivity contribution >= 4 is 39.2 Å². The van der Waals surface area contributed by atoms with Crippen molar-refractivity contribution in [3.05, 3.63) is 76.4 Å². The Morgan fingerprint density at radius 1 is 1.14 bits per heavy atom. The van der Waals surface area contributed by atoms with Crippen LogP contribution in [0.5, 0.6) is 11.5 Å². The lowest BCUT2D eigenvalue weighted by Crippen LogP contribution is -2.23. The molecule has 0 spiro atoms. The largest absolute Gasteiger partial charge is 0.506 e. The number of nitrogens with one attached hydrogen (secondary N) is 1. The number of sulfonamides is 1. The number of aliphatic hydroxyl groups is 1. The van der Waals surface area contributed by atoms with E-state index in [1.54, 1.807) is 24.3 Å². The Hall–Kier alpha value is -4.05. The number of benzene rings is 2. The number of aromatic hydroxyl groups is 1. The average molecular weight is 530 g/mol. The zero-order valence-electron chi connectivity index (χ0n) is 19.0. The van der Waals surface area contributed by atoms with Crippen LogP contribution in [0.25, 0.3) is 11.4 Å². The highest BCUT2D eigenvalue weighted by molar-refractivity contribution is 7.92. The number of nitrogens with zero attached hydrogens (tertiary/aromatic N) is 4. The monoisotopic (exact) mass is 529 g/mol. The van der Waals surface area contributed by atoms with Crippen LogP contribution in [-0.4, -0.2) is 59.3 Å². The van der Waals surface area contributed by atoms with Gasteiger partial charge in [-0.3, -0.25) is 9.29 Å². The van der Waals surface area contributed by atoms with Gasteiger partial charge in [0, 0.05) is 5.02 Å². The Morgan fingerprint density at radius 2 is 1.89 bits per heavy atom. The van der Waals surface area contributed by atoms with Gasteiger partial charge in [-0.05, 0) is 35.6 Å². The number of phenols is 1. The number of hydrogen-bond donors (Lipinski definition) is 3. The van der Waals surface area contributed by atoms with Crippen molar-refractivity contribution in [3.63, 3.8) is 0 Å². The van der Waals surface area contributed by atoms with Gasteiger partial charge >= 0.3 is 0 Å². The maximum Gasteiger partial charge on any atom is 0.243 e. The molecule has 2 heterocycles. The van der Waals surface area contributed by atoms with Gasteiger partial charge in [-0.15, -0.1) is 10.2 Å². The normalized spacial score (nSPS) is 13.7. The second-order valence-corrected chi connectivity index (χ2v) is 9.58. The lowest BCUT2D eigenvalue weighted by Gasteiger charge is -2.17. The van der Waals surface area contributed by atoms with Crippen molar-refractivity contribution in [1.29, 1.82) is 0 Å². The lowest BCUT2D eigenvalue weighted by atomic mass is 10.1. The van der Waals surface area contributed by atoms with Crippen molar-refractivity contribution in [1.82, 2.24) is 14.8 Å². The minimum absolute atomic E-state index is 0.0147. The highest BCUT2D eigenvalue weighted by atomic mass is 35.5. The summed E-state index contributed by atoms with van der Waals surface area (Å²) in [7, 11) is -1.37. The molecule has 0 radical (unpaired) electrons. The number of aromatic nitrogens is 3. The molecule has 1 aromatic heterocycles. The maximum atomic E-state index is 13.0. The first-order valence-electron chi connectivity index (χ1n) is 10.3. The number of aliphatic hydroxyl groups excluding tert-OH is 1. The van der Waals surface area contributed by atoms with Crippen LogP contribution in [0.4, 0.5) is 5.95 Å². The third-order valence-corrected chi connectivity index (χ3v) is 6.49. The van der Waals surface area contributed by atoms with Crippen LogP contribution >= 0.6 is 11.6 Å². The van der Waals surface area contributed by atoms with Crippen LogP contribution in [0.15, 0.2) is 65.0 Å². The summed E-state index contributed by atoms with van der Waals surface area (Å²) in [5.41, 5.74) is 6.03. The third kappa shape index (κ3) is 5.28. The van der Waals surface area contributed by atoms with Gasteiger partial charge in [0.1, 0.15) is 17.2 Å². The second-order valence-electron chi connectivity index (χ2n) is 7.38. The predicted octanol–water partition coefficient (Wildman–Crippen LogP) is 2.82. The number of hydrogen-bond acceptors (Lipinski definition) is 9. The van der Waals surface area contributed by atoms with E-state index in [4.69, 9.17) is 21.1 Å². The molecule has 3 aromatic rings. The molecule has 36 heavy (non-hydrogen) atoms. The van der Waals surface area contributed by atoms with Crippen LogP contribution in [-0.2, 0) is 14.8 Å². The number of para-hydroxylation sites is 1. The van der Waals surface area contributed by atoms with Crippen molar-refractivity contribution in [2.45, 2.75) is 6.10 Å². The Bertz CT molecular complexity index is 1540. The summed E-state index contributed by atoms with van der Waals surface area (Å²) >= 11 is 5.86. The predicted molar refractivity (Wildman–Crippen MR) is 133 cm³/mol. The summed E-state index contributed by atoms with van der Waals surface area (Å²) < 4.78 is 40.0. The van der Waals surface area contributed by atoms with Gasteiger partial charge in [0.05, 0.1) is 32.2 Å². The van der Waals surface area contributed by atoms with Gasteiger partial charge in [0.15, 0.2) is 11.5 Å². The first-order valence-corrected chi connectivity index (χ1v) is 12.4. The van der Waals surface area contributed by atoms with Crippen molar-refractivity contribution in [2.75, 3.05) is 24.7 Å². The zero-order valence-corrected chi connectivity index (χ0v) is 20.6. The number of ether oxygens (including phenoxy) is 2. The molecule has 0 fully saturated rings. The molecule has 1 aliphatic rings. The van der Waals surface area contributed by atoms with Gasteiger partial charge in [-0.1, -0.05) is 35.5 Å². The molecule has 0 aliphatic carbocycles. The summed E-state index contributed by atoms with van der Waals surface area (Å²) in [5, 5.41) is 29.6. The van der Waals surface area contributed by atoms with E-state index in [0.29, 0.717) is 10.6 Å². The van der Waals surface area contributed by atoms with E-state index in [1.165, 1.54) is 43.1 Å². The summed E-state index contributed by atoms with van der Waals surface area (Å²) in [6.07, 6.45) is 0.102. The number of methoxy groups -OCH3 is 2. The first kappa shape index (κ1) is 25.1. The minimum atomic E-state index is -4.18. The number of halogens is 1. The van der Waals surface area contributed by atoms with E-state index < -0.39 is 21.9 Å². The topological polar surface area (TPSA) is 148 Å². The van der Waals surface area contributed by atoms with Crippen LogP contribution in [0, 0.1) is 0 Å². The van der Waals surface area contributed by atoms with Crippen molar-refractivity contribution < 1.29 is 28.1 Å². The minimum Gasteiger partial charge on any atom is -0.506 e. The molecular formula is C23H20ClN5O6S. The van der Waals surface area contributed by atoms with E-state index in [1.807, 2.05) is 0 Å². The van der Waals surface area contributed by atoms with Gasteiger partial charge in [-0.2, -0.15) is 0 Å². The molecule has 0 saturated carbocycles. The molecule has 0 saturated heterocycles. The molecule has 1 atom stereocenters. The molecule has 3 N–H and O–H groups in total. The van der Waals surface area contributed by atoms with Gasteiger partial charge < -0.3 is 19.7 Å². The highest BCUT2D eigenvalue weighted by Gasteiger charge is 2.27. The van der Waals surface area contributed by atoms with E-state index in [-0.39, 0.29) is 40.6 Å². The Kier molecular flexibility index (Phi) is 7.16. The highest BCUT2D eigenvalue weighted by Crippen LogP contribution is 2.36. The van der Waals surface area contributed by atoms with E-state index in [9.17, 15) is 18.6 Å². The number of aliphatic imine (C=N–C) groups is 1. The summed E-state index contributed by atoms with van der Waals surface area (Å²) in [5.74, 6) is -0.803. The second kappa shape index (κ2) is 10.3. The first-order chi connectivity index (χ1) is 17.2. The molecule has 0 bridgehead atoms. The molecule has 1 aliphatic heterocycles. The van der Waals surface area contributed by atoms with Gasteiger partial charge in [0.2, 0.25) is 21.9 Å². The van der Waals surface area contributed by atoms with Crippen LogP contribution in [0.3, 0.4) is 0 Å². The molecule has 0 amide bonds. The molecular weight excluding hydrogens is 510 g/mol. The zero-order chi connectivity index (χ0) is 25.9. The Morgan fingerprint density at radius 3 is 2.58 bits per heavy atom. The average Bonchev–Trinajstić information content (AvgIpc) is 3.26. The van der Waals surface area contributed by atoms with Gasteiger partial charge in [-0.25, -0.2) is 13.4 Å². The van der Waals surface area contributed by atoms with E-state index >= 15 is 0 Å². The summed E-state index contributed by atoms with van der Waals surface area (Å²) in [6, 6.07) is 10.6. The molecule has 0 unspecified atom stereocenters. The number of phenolic OH excluding ortho intramolecular Hbond substituents is 1. The fourth-order valence-electron chi connectivity index (χ4n) is 3.33. The fourth-order valence-corrected chi connectivity index (χ4v) is 4.56. The molecule has 2 aromatic carbocycles. The molecule has 186 valence electrons. The number of rotatable bonds is 8. The summed E-state index contributed by atoms with van der Waals surface area (Å²) in [6.45, 7) is 0. The van der Waals surface area contributed by atoms with Crippen LogP contribution in [0.2, 0.25) is 5.02 Å². The van der Waals surface area contributed by atoms with Crippen LogP contribution < -0.4 is 9.46 Å². The van der Waals surface area contributed by atoms with Gasteiger partial charge in [0.25, 0.3) is 0 Å². The SMILES string of the molecule is COC1=NC(c2nnc(NS(=O)(=O)C[C@@H](O)c3ccc(Cl)cc3)n2-c2c(O)cccc2OC)=C=C=C1. The molecule has 11 nitrogen and oxygen atoms in total. The third-order valence-electron chi connectivity index (χ3n) is 4.99. The molecule has 13 heteroatoms. The maximum absolute atomic E-state index is 13.0. The Labute approximate surface area is 211 Å². The van der Waals surface area contributed by atoms with E-state index in [2.05, 4.69) is 31.4 Å².